The highest BCUT2D eigenvalue weighted by Gasteiger charge is 2.11. The second-order valence-electron chi connectivity index (χ2n) is 3.82. The average Bonchev–Trinajstić information content (AvgIpc) is 2.15. The van der Waals surface area contributed by atoms with Gasteiger partial charge in [-0.15, -0.1) is 0 Å². The van der Waals surface area contributed by atoms with Crippen LogP contribution in [-0.4, -0.2) is 18.8 Å². The van der Waals surface area contributed by atoms with E-state index in [1.54, 1.807) is 0 Å². The van der Waals surface area contributed by atoms with Gasteiger partial charge in [-0.05, 0) is 50.1 Å². The first-order valence-corrected chi connectivity index (χ1v) is 4.96. The van der Waals surface area contributed by atoms with Crippen molar-refractivity contribution >= 4 is 0 Å². The molecule has 0 spiro atoms. The monoisotopic (exact) mass is 193 g/mol. The van der Waals surface area contributed by atoms with Gasteiger partial charge in [-0.25, -0.2) is 0 Å². The molecule has 1 aromatic carbocycles. The molecule has 1 rings (SSSR count). The van der Waals surface area contributed by atoms with Gasteiger partial charge in [0.1, 0.15) is 0 Å². The van der Waals surface area contributed by atoms with Gasteiger partial charge in [0.15, 0.2) is 0 Å². The summed E-state index contributed by atoms with van der Waals surface area (Å²) in [5.41, 5.74) is 5.01. The highest BCUT2D eigenvalue weighted by Crippen LogP contribution is 2.21. The zero-order valence-corrected chi connectivity index (χ0v) is 9.39. The molecule has 0 aliphatic rings. The van der Waals surface area contributed by atoms with E-state index in [1.165, 1.54) is 22.3 Å². The van der Waals surface area contributed by atoms with E-state index < -0.39 is 0 Å². The molecule has 2 N–H and O–H groups in total. The van der Waals surface area contributed by atoms with E-state index in [9.17, 15) is 5.11 Å². The van der Waals surface area contributed by atoms with Gasteiger partial charge in [0.2, 0.25) is 0 Å². The predicted molar refractivity (Wildman–Crippen MR) is 59.5 cm³/mol. The molecular weight excluding hydrogens is 174 g/mol. The topological polar surface area (TPSA) is 32.3 Å². The summed E-state index contributed by atoms with van der Waals surface area (Å²) in [7, 11) is 1.87. The van der Waals surface area contributed by atoms with E-state index in [0.29, 0.717) is 0 Å². The number of aryl methyl sites for hydroxylation is 3. The maximum atomic E-state index is 9.20. The molecule has 0 amide bonds. The molecular formula is C12H19NO. The van der Waals surface area contributed by atoms with Crippen LogP contribution in [0.4, 0.5) is 0 Å². The Kier molecular flexibility index (Phi) is 3.67. The van der Waals surface area contributed by atoms with Crippen LogP contribution in [0.3, 0.4) is 0 Å². The van der Waals surface area contributed by atoms with Crippen molar-refractivity contribution in [2.75, 3.05) is 13.7 Å². The molecule has 2 heteroatoms. The maximum absolute atomic E-state index is 9.20. The minimum atomic E-state index is 0.0503. The van der Waals surface area contributed by atoms with Gasteiger partial charge in [-0.1, -0.05) is 12.1 Å². The summed E-state index contributed by atoms with van der Waals surface area (Å²) in [6.45, 7) is 6.43. The molecule has 0 aromatic heterocycles. The molecule has 0 aliphatic carbocycles. The number of benzene rings is 1. The third-order valence-electron chi connectivity index (χ3n) is 2.79. The Hall–Kier alpha value is -0.860. The first-order valence-electron chi connectivity index (χ1n) is 4.96. The Bertz CT molecular complexity index is 316. The lowest BCUT2D eigenvalue weighted by molar-refractivity contribution is 0.250. The minimum Gasteiger partial charge on any atom is -0.394 e. The number of hydrogen-bond acceptors (Lipinski definition) is 2. The van der Waals surface area contributed by atoms with Gasteiger partial charge in [-0.3, -0.25) is 0 Å². The molecule has 0 aliphatic heterocycles. The van der Waals surface area contributed by atoms with E-state index in [2.05, 4.69) is 38.2 Å². The van der Waals surface area contributed by atoms with Crippen molar-refractivity contribution in [2.45, 2.75) is 26.8 Å². The van der Waals surface area contributed by atoms with Crippen molar-refractivity contribution in [2.24, 2.45) is 0 Å². The molecule has 1 atom stereocenters. The smallest absolute Gasteiger partial charge is 0.0626 e. The Labute approximate surface area is 86.0 Å². The molecule has 2 nitrogen and oxygen atoms in total. The van der Waals surface area contributed by atoms with Crippen molar-refractivity contribution in [3.63, 3.8) is 0 Å². The first-order chi connectivity index (χ1) is 6.60. The second-order valence-corrected chi connectivity index (χ2v) is 3.82. The van der Waals surface area contributed by atoms with Crippen LogP contribution in [0.15, 0.2) is 12.1 Å². The molecule has 1 aromatic rings. The van der Waals surface area contributed by atoms with Crippen LogP contribution in [0.5, 0.6) is 0 Å². The summed E-state index contributed by atoms with van der Waals surface area (Å²) in [4.78, 5) is 0. The van der Waals surface area contributed by atoms with Crippen LogP contribution < -0.4 is 5.32 Å². The zero-order valence-electron chi connectivity index (χ0n) is 9.39. The fourth-order valence-electron chi connectivity index (χ4n) is 1.70. The molecule has 0 radical (unpaired) electrons. The van der Waals surface area contributed by atoms with Gasteiger partial charge in [-0.2, -0.15) is 0 Å². The maximum Gasteiger partial charge on any atom is 0.0626 e. The van der Waals surface area contributed by atoms with E-state index in [0.717, 1.165) is 0 Å². The van der Waals surface area contributed by atoms with E-state index >= 15 is 0 Å². The number of rotatable bonds is 3. The lowest BCUT2D eigenvalue weighted by atomic mass is 9.96. The van der Waals surface area contributed by atoms with Gasteiger partial charge in [0.25, 0.3) is 0 Å². The molecule has 78 valence electrons. The summed E-state index contributed by atoms with van der Waals surface area (Å²) in [5.74, 6) is 0. The third kappa shape index (κ3) is 2.14. The largest absolute Gasteiger partial charge is 0.394 e. The van der Waals surface area contributed by atoms with Gasteiger partial charge >= 0.3 is 0 Å². The van der Waals surface area contributed by atoms with Crippen molar-refractivity contribution in [3.8, 4) is 0 Å². The van der Waals surface area contributed by atoms with Crippen molar-refractivity contribution in [3.05, 3.63) is 34.4 Å². The highest BCUT2D eigenvalue weighted by molar-refractivity contribution is 5.38. The quantitative estimate of drug-likeness (QED) is 0.768. The van der Waals surface area contributed by atoms with Crippen LogP contribution in [-0.2, 0) is 0 Å². The normalized spacial score (nSPS) is 12.9. The summed E-state index contributed by atoms with van der Waals surface area (Å²) in [5, 5.41) is 12.3. The predicted octanol–water partition coefficient (Wildman–Crippen LogP) is 1.86. The standard InChI is InChI=1S/C12H19NO/c1-8-5-10(3)11(6-9(8)2)12(7-14)13-4/h5-6,12-14H,7H2,1-4H3. The molecule has 0 saturated carbocycles. The van der Waals surface area contributed by atoms with Gasteiger partial charge in [0, 0.05) is 0 Å². The van der Waals surface area contributed by atoms with Crippen molar-refractivity contribution in [1.82, 2.24) is 5.32 Å². The fourth-order valence-corrected chi connectivity index (χ4v) is 1.70. The fraction of sp³-hybridized carbons (Fsp3) is 0.500. The lowest BCUT2D eigenvalue weighted by Gasteiger charge is -2.18. The van der Waals surface area contributed by atoms with Crippen LogP contribution in [0.25, 0.3) is 0 Å². The zero-order chi connectivity index (χ0) is 10.7. The number of hydrogen-bond donors (Lipinski definition) is 2. The van der Waals surface area contributed by atoms with Crippen molar-refractivity contribution < 1.29 is 5.11 Å². The molecule has 1 unspecified atom stereocenters. The Morgan fingerprint density at radius 3 is 2.21 bits per heavy atom. The minimum absolute atomic E-state index is 0.0503. The second kappa shape index (κ2) is 4.58. The molecule has 14 heavy (non-hydrogen) atoms. The number of aliphatic hydroxyl groups is 1. The summed E-state index contributed by atoms with van der Waals surface area (Å²) in [6.07, 6.45) is 0. The van der Waals surface area contributed by atoms with E-state index in [1.807, 2.05) is 7.05 Å². The van der Waals surface area contributed by atoms with Gasteiger partial charge in [0.05, 0.1) is 12.6 Å². The first kappa shape index (κ1) is 11.2. The lowest BCUT2D eigenvalue weighted by Crippen LogP contribution is -2.21. The van der Waals surface area contributed by atoms with Crippen LogP contribution in [0.2, 0.25) is 0 Å². The average molecular weight is 193 g/mol. The molecule has 0 saturated heterocycles. The molecule has 0 fully saturated rings. The number of aliphatic hydroxyl groups excluding tert-OH is 1. The summed E-state index contributed by atoms with van der Waals surface area (Å²) in [6, 6.07) is 4.38. The summed E-state index contributed by atoms with van der Waals surface area (Å²) >= 11 is 0. The Morgan fingerprint density at radius 2 is 1.71 bits per heavy atom. The molecule has 0 bridgehead atoms. The van der Waals surface area contributed by atoms with Crippen LogP contribution >= 0.6 is 0 Å². The highest BCUT2D eigenvalue weighted by atomic mass is 16.3. The van der Waals surface area contributed by atoms with Crippen molar-refractivity contribution in [1.29, 1.82) is 0 Å². The SMILES string of the molecule is CNC(CO)c1cc(C)c(C)cc1C. The van der Waals surface area contributed by atoms with E-state index in [-0.39, 0.29) is 12.6 Å². The molecule has 0 heterocycles. The van der Waals surface area contributed by atoms with E-state index in [4.69, 9.17) is 0 Å². The third-order valence-corrected chi connectivity index (χ3v) is 2.79. The number of likely N-dealkylation sites (N-methyl/N-ethyl adjacent to an activating group) is 1. The van der Waals surface area contributed by atoms with Gasteiger partial charge < -0.3 is 10.4 Å². The van der Waals surface area contributed by atoms with Crippen LogP contribution in [0, 0.1) is 20.8 Å². The Balaban J connectivity index is 3.14. The van der Waals surface area contributed by atoms with Crippen LogP contribution in [0.1, 0.15) is 28.3 Å². The Morgan fingerprint density at radius 1 is 1.14 bits per heavy atom. The number of nitrogens with one attached hydrogen (secondary N) is 1. The summed E-state index contributed by atoms with van der Waals surface area (Å²) < 4.78 is 0.